The highest BCUT2D eigenvalue weighted by Crippen LogP contribution is 2.41. The van der Waals surface area contributed by atoms with E-state index in [-0.39, 0.29) is 6.10 Å². The number of rotatable bonds is 3. The van der Waals surface area contributed by atoms with Crippen LogP contribution in [0.3, 0.4) is 0 Å². The van der Waals surface area contributed by atoms with Crippen LogP contribution in [0.25, 0.3) is 0 Å². The minimum absolute atomic E-state index is 0.000324. The van der Waals surface area contributed by atoms with E-state index < -0.39 is 0 Å². The number of fused-ring (bicyclic) bond motifs is 2. The summed E-state index contributed by atoms with van der Waals surface area (Å²) in [7, 11) is 0. The second-order valence-electron chi connectivity index (χ2n) is 5.07. The number of thioether (sulfide) groups is 1. The predicted molar refractivity (Wildman–Crippen MR) is 84.0 cm³/mol. The summed E-state index contributed by atoms with van der Waals surface area (Å²) in [5.74, 6) is 0.995. The highest BCUT2D eigenvalue weighted by Gasteiger charge is 2.24. The lowest BCUT2D eigenvalue weighted by atomic mass is 9.96. The van der Waals surface area contributed by atoms with Crippen LogP contribution in [0.5, 0.6) is 0 Å². The second kappa shape index (κ2) is 6.00. The van der Waals surface area contributed by atoms with E-state index in [1.807, 2.05) is 11.8 Å². The van der Waals surface area contributed by atoms with Crippen LogP contribution in [-0.4, -0.2) is 13.2 Å². The number of ether oxygens (including phenoxy) is 1. The Morgan fingerprint density at radius 1 is 1.20 bits per heavy atom. The van der Waals surface area contributed by atoms with Gasteiger partial charge in [-0.05, 0) is 29.7 Å². The zero-order valence-corrected chi connectivity index (χ0v) is 12.5. The molecule has 3 heteroatoms. The third-order valence-corrected chi connectivity index (χ3v) is 4.71. The van der Waals surface area contributed by atoms with Crippen molar-refractivity contribution in [1.29, 1.82) is 0 Å². The summed E-state index contributed by atoms with van der Waals surface area (Å²) in [6.07, 6.45) is -0.000324. The van der Waals surface area contributed by atoms with E-state index >= 15 is 0 Å². The molecule has 3 rings (SSSR count). The molecule has 2 aromatic carbocycles. The third-order valence-electron chi connectivity index (χ3n) is 3.57. The lowest BCUT2D eigenvalue weighted by Gasteiger charge is -2.20. The van der Waals surface area contributed by atoms with Crippen molar-refractivity contribution in [2.75, 3.05) is 13.2 Å². The number of hydrogen-bond donors (Lipinski definition) is 1. The zero-order valence-electron chi connectivity index (χ0n) is 11.6. The van der Waals surface area contributed by atoms with E-state index in [9.17, 15) is 0 Å². The van der Waals surface area contributed by atoms with Crippen molar-refractivity contribution in [2.24, 2.45) is 5.73 Å². The summed E-state index contributed by atoms with van der Waals surface area (Å²) in [6.45, 7) is 3.26. The minimum atomic E-state index is -0.000324. The summed E-state index contributed by atoms with van der Waals surface area (Å²) < 4.78 is 6.08. The Balaban J connectivity index is 2.10. The van der Waals surface area contributed by atoms with E-state index in [0.717, 1.165) is 5.75 Å². The Bertz CT molecular complexity index is 612. The highest BCUT2D eigenvalue weighted by molar-refractivity contribution is 7.98. The topological polar surface area (TPSA) is 35.2 Å². The van der Waals surface area contributed by atoms with Gasteiger partial charge in [-0.3, -0.25) is 0 Å². The van der Waals surface area contributed by atoms with Crippen molar-refractivity contribution in [3.05, 3.63) is 64.7 Å². The largest absolute Gasteiger partial charge is 0.367 e. The van der Waals surface area contributed by atoms with Crippen LogP contribution in [0.4, 0.5) is 0 Å². The smallest absolute Gasteiger partial charge is 0.109 e. The molecule has 1 aliphatic heterocycles. The molecule has 0 saturated heterocycles. The first kappa shape index (κ1) is 13.7. The molecule has 0 radical (unpaired) electrons. The molecular weight excluding hydrogens is 266 g/mol. The molecule has 1 aliphatic rings. The van der Waals surface area contributed by atoms with Gasteiger partial charge in [-0.15, -0.1) is 11.8 Å². The lowest BCUT2D eigenvalue weighted by Crippen LogP contribution is -2.14. The molecule has 0 aliphatic carbocycles. The summed E-state index contributed by atoms with van der Waals surface area (Å²) in [5.41, 5.74) is 10.8. The second-order valence-corrected chi connectivity index (χ2v) is 6.09. The SMILES string of the molecule is Cc1ccc2c(c1)C(OCCN)c1ccccc1CS2. The average molecular weight is 285 g/mol. The number of hydrogen-bond acceptors (Lipinski definition) is 3. The van der Waals surface area contributed by atoms with E-state index in [4.69, 9.17) is 10.5 Å². The molecule has 0 saturated carbocycles. The molecule has 1 unspecified atom stereocenters. The van der Waals surface area contributed by atoms with Crippen LogP contribution in [0.2, 0.25) is 0 Å². The average Bonchev–Trinajstić information content (AvgIpc) is 2.62. The van der Waals surface area contributed by atoms with Gasteiger partial charge in [0.25, 0.3) is 0 Å². The monoisotopic (exact) mass is 285 g/mol. The van der Waals surface area contributed by atoms with Crippen LogP contribution in [-0.2, 0) is 10.5 Å². The maximum absolute atomic E-state index is 6.08. The first-order chi connectivity index (χ1) is 9.79. The van der Waals surface area contributed by atoms with E-state index in [2.05, 4.69) is 49.4 Å². The summed E-state index contributed by atoms with van der Waals surface area (Å²) in [6, 6.07) is 15.2. The molecule has 1 heterocycles. The van der Waals surface area contributed by atoms with E-state index in [0.29, 0.717) is 13.2 Å². The molecular formula is C17H19NOS. The van der Waals surface area contributed by atoms with Gasteiger partial charge in [0.15, 0.2) is 0 Å². The zero-order chi connectivity index (χ0) is 13.9. The predicted octanol–water partition coefficient (Wildman–Crippen LogP) is 3.67. The van der Waals surface area contributed by atoms with Gasteiger partial charge in [0.1, 0.15) is 6.10 Å². The Labute approximate surface area is 124 Å². The van der Waals surface area contributed by atoms with Crippen molar-refractivity contribution >= 4 is 11.8 Å². The fourth-order valence-corrected chi connectivity index (χ4v) is 3.68. The quantitative estimate of drug-likeness (QED) is 0.934. The Morgan fingerprint density at radius 2 is 2.05 bits per heavy atom. The van der Waals surface area contributed by atoms with Gasteiger partial charge in [-0.2, -0.15) is 0 Å². The van der Waals surface area contributed by atoms with Gasteiger partial charge in [0, 0.05) is 17.2 Å². The van der Waals surface area contributed by atoms with Crippen LogP contribution in [0.15, 0.2) is 47.4 Å². The van der Waals surface area contributed by atoms with Crippen LogP contribution in [0, 0.1) is 6.92 Å². The fraction of sp³-hybridized carbons (Fsp3) is 0.294. The standard InChI is InChI=1S/C17H19NOS/c1-12-6-7-16-15(10-12)17(19-9-8-18)14-5-3-2-4-13(14)11-20-16/h2-7,10,17H,8-9,11,18H2,1H3. The maximum atomic E-state index is 6.08. The Morgan fingerprint density at radius 3 is 2.90 bits per heavy atom. The van der Waals surface area contributed by atoms with Crippen LogP contribution in [0.1, 0.15) is 28.4 Å². The van der Waals surface area contributed by atoms with Gasteiger partial charge < -0.3 is 10.5 Å². The normalized spacial score (nSPS) is 17.2. The lowest BCUT2D eigenvalue weighted by molar-refractivity contribution is 0.0845. The van der Waals surface area contributed by atoms with Crippen molar-refractivity contribution in [3.8, 4) is 0 Å². The van der Waals surface area contributed by atoms with Crippen molar-refractivity contribution in [1.82, 2.24) is 0 Å². The molecule has 20 heavy (non-hydrogen) atoms. The molecule has 0 aromatic heterocycles. The van der Waals surface area contributed by atoms with Gasteiger partial charge in [-0.25, -0.2) is 0 Å². The number of nitrogens with two attached hydrogens (primary N) is 1. The summed E-state index contributed by atoms with van der Waals surface area (Å²) in [4.78, 5) is 1.31. The van der Waals surface area contributed by atoms with Gasteiger partial charge in [0.05, 0.1) is 6.61 Å². The summed E-state index contributed by atoms with van der Waals surface area (Å²) >= 11 is 1.89. The molecule has 2 N–H and O–H groups in total. The first-order valence-electron chi connectivity index (χ1n) is 6.92. The molecule has 2 nitrogen and oxygen atoms in total. The van der Waals surface area contributed by atoms with Gasteiger partial charge >= 0.3 is 0 Å². The maximum Gasteiger partial charge on any atom is 0.109 e. The molecule has 0 spiro atoms. The van der Waals surface area contributed by atoms with Crippen LogP contribution < -0.4 is 5.73 Å². The molecule has 0 bridgehead atoms. The molecule has 0 amide bonds. The number of aryl methyl sites for hydroxylation is 1. The Hall–Kier alpha value is -1.29. The molecule has 2 aromatic rings. The van der Waals surface area contributed by atoms with E-state index in [1.165, 1.54) is 27.1 Å². The highest BCUT2D eigenvalue weighted by atomic mass is 32.2. The molecule has 0 fully saturated rings. The Kier molecular flexibility index (Phi) is 4.10. The van der Waals surface area contributed by atoms with Gasteiger partial charge in [0.2, 0.25) is 0 Å². The van der Waals surface area contributed by atoms with Crippen LogP contribution >= 0.6 is 11.8 Å². The van der Waals surface area contributed by atoms with Crippen molar-refractivity contribution < 1.29 is 4.74 Å². The van der Waals surface area contributed by atoms with Crippen molar-refractivity contribution in [3.63, 3.8) is 0 Å². The third kappa shape index (κ3) is 2.62. The van der Waals surface area contributed by atoms with E-state index in [1.54, 1.807) is 0 Å². The fourth-order valence-electron chi connectivity index (χ4n) is 2.61. The van der Waals surface area contributed by atoms with Crippen molar-refractivity contribution in [2.45, 2.75) is 23.7 Å². The van der Waals surface area contributed by atoms with Gasteiger partial charge in [-0.1, -0.05) is 42.0 Å². The molecule has 104 valence electrons. The molecule has 1 atom stereocenters. The first-order valence-corrected chi connectivity index (χ1v) is 7.91. The number of benzene rings is 2. The summed E-state index contributed by atoms with van der Waals surface area (Å²) in [5, 5.41) is 0. The minimum Gasteiger partial charge on any atom is -0.367 e.